The highest BCUT2D eigenvalue weighted by Gasteiger charge is 2.51. The molecule has 8 heteroatoms. The summed E-state index contributed by atoms with van der Waals surface area (Å²) >= 11 is 0. The van der Waals surface area contributed by atoms with Gasteiger partial charge in [-0.3, -0.25) is 9.48 Å². The summed E-state index contributed by atoms with van der Waals surface area (Å²) in [4.78, 5) is 12.6. The van der Waals surface area contributed by atoms with Crippen LogP contribution in [-0.2, 0) is 15.9 Å². The highest BCUT2D eigenvalue weighted by molar-refractivity contribution is 6.62. The summed E-state index contributed by atoms with van der Waals surface area (Å²) < 4.78 is 13.7. The maximum atomic E-state index is 12.6. The Morgan fingerprint density at radius 2 is 1.89 bits per heavy atom. The fourth-order valence-corrected chi connectivity index (χ4v) is 3.06. The highest BCUT2D eigenvalue weighted by atomic mass is 16.7. The molecule has 3 rings (SSSR count). The Hall–Kier alpha value is -2.16. The van der Waals surface area contributed by atoms with E-state index in [1.54, 1.807) is 19.2 Å². The number of hydrogen-bond acceptors (Lipinski definition) is 5. The van der Waals surface area contributed by atoms with Crippen LogP contribution in [0.4, 0.5) is 5.69 Å². The standard InChI is InChI=1S/C20H28BN3O4/c1-13-11-15(21-27-19(3,4)20(5,6)28-21)7-8-16(13)23-18(26)17-9-10-22-24(17)12-14(2)25/h7-11,14,25H,12H2,1-6H3,(H,23,26). The van der Waals surface area contributed by atoms with Crippen molar-refractivity contribution in [2.24, 2.45) is 0 Å². The summed E-state index contributed by atoms with van der Waals surface area (Å²) in [5, 5.41) is 16.6. The molecule has 1 aromatic heterocycles. The Morgan fingerprint density at radius 1 is 1.25 bits per heavy atom. The minimum Gasteiger partial charge on any atom is -0.399 e. The van der Waals surface area contributed by atoms with Crippen molar-refractivity contribution >= 4 is 24.2 Å². The Kier molecular flexibility index (Phi) is 5.40. The van der Waals surface area contributed by atoms with E-state index in [1.807, 2.05) is 52.8 Å². The van der Waals surface area contributed by atoms with E-state index in [2.05, 4.69) is 10.4 Å². The first-order valence-corrected chi connectivity index (χ1v) is 9.47. The van der Waals surface area contributed by atoms with Gasteiger partial charge in [0.15, 0.2) is 0 Å². The van der Waals surface area contributed by atoms with Crippen LogP contribution in [0.2, 0.25) is 0 Å². The minimum atomic E-state index is -0.590. The smallest absolute Gasteiger partial charge is 0.399 e. The minimum absolute atomic E-state index is 0.260. The third kappa shape index (κ3) is 3.99. The summed E-state index contributed by atoms with van der Waals surface area (Å²) in [5.41, 5.74) is 2.11. The third-order valence-corrected chi connectivity index (χ3v) is 5.41. The maximum absolute atomic E-state index is 12.6. The number of aliphatic hydroxyl groups excluding tert-OH is 1. The Bertz CT molecular complexity index is 860. The summed E-state index contributed by atoms with van der Waals surface area (Å²) in [7, 11) is -0.444. The normalized spacial score (nSPS) is 18.9. The summed E-state index contributed by atoms with van der Waals surface area (Å²) in [6.07, 6.45) is 0.957. The van der Waals surface area contributed by atoms with Gasteiger partial charge in [0.25, 0.3) is 5.91 Å². The number of nitrogens with zero attached hydrogens (tertiary/aromatic N) is 2. The molecule has 7 nitrogen and oxygen atoms in total. The molecule has 0 radical (unpaired) electrons. The quantitative estimate of drug-likeness (QED) is 0.771. The van der Waals surface area contributed by atoms with Gasteiger partial charge in [-0.1, -0.05) is 12.1 Å². The van der Waals surface area contributed by atoms with Crippen LogP contribution in [0.25, 0.3) is 0 Å². The first-order chi connectivity index (χ1) is 13.0. The van der Waals surface area contributed by atoms with Crippen LogP contribution in [0.5, 0.6) is 0 Å². The molecular weight excluding hydrogens is 357 g/mol. The van der Waals surface area contributed by atoms with Crippen LogP contribution in [0.3, 0.4) is 0 Å². The van der Waals surface area contributed by atoms with Gasteiger partial charge in [-0.15, -0.1) is 0 Å². The largest absolute Gasteiger partial charge is 0.494 e. The number of hydrogen-bond donors (Lipinski definition) is 2. The summed E-state index contributed by atoms with van der Waals surface area (Å²) in [6, 6.07) is 7.34. The predicted octanol–water partition coefficient (Wildman–Crippen LogP) is 2.12. The fraction of sp³-hybridized carbons (Fsp3) is 0.500. The second kappa shape index (κ2) is 7.35. The lowest BCUT2D eigenvalue weighted by atomic mass is 9.78. The molecule has 2 heterocycles. The SMILES string of the molecule is Cc1cc(B2OC(C)(C)C(C)(C)O2)ccc1NC(=O)c1ccnn1CC(C)O. The van der Waals surface area contributed by atoms with E-state index in [9.17, 15) is 9.90 Å². The number of carbonyl (C=O) groups excluding carboxylic acids is 1. The molecule has 150 valence electrons. The van der Waals surface area contributed by atoms with E-state index < -0.39 is 24.4 Å². The van der Waals surface area contributed by atoms with Crippen molar-refractivity contribution in [3.8, 4) is 0 Å². The zero-order chi connectivity index (χ0) is 20.7. The Balaban J connectivity index is 1.75. The molecule has 1 aliphatic heterocycles. The van der Waals surface area contributed by atoms with Gasteiger partial charge in [0.2, 0.25) is 0 Å². The molecule has 2 aromatic rings. The van der Waals surface area contributed by atoms with Crippen molar-refractivity contribution in [2.75, 3.05) is 5.32 Å². The molecule has 0 bridgehead atoms. The van der Waals surface area contributed by atoms with Crippen LogP contribution >= 0.6 is 0 Å². The van der Waals surface area contributed by atoms with Crippen molar-refractivity contribution in [1.29, 1.82) is 0 Å². The number of aliphatic hydroxyl groups is 1. The molecule has 28 heavy (non-hydrogen) atoms. The van der Waals surface area contributed by atoms with Gasteiger partial charge >= 0.3 is 7.12 Å². The van der Waals surface area contributed by atoms with E-state index >= 15 is 0 Å². The second-order valence-electron chi connectivity index (χ2n) is 8.36. The number of aromatic nitrogens is 2. The summed E-state index contributed by atoms with van der Waals surface area (Å²) in [6.45, 7) is 11.9. The molecular formula is C20H28BN3O4. The molecule has 1 amide bonds. The van der Waals surface area contributed by atoms with Crippen molar-refractivity contribution < 1.29 is 19.2 Å². The average molecular weight is 385 g/mol. The molecule has 1 unspecified atom stereocenters. The van der Waals surface area contributed by atoms with Crippen LogP contribution in [0.15, 0.2) is 30.5 Å². The summed E-state index contributed by atoms with van der Waals surface area (Å²) in [5.74, 6) is -0.273. The lowest BCUT2D eigenvalue weighted by molar-refractivity contribution is 0.00578. The van der Waals surface area contributed by atoms with Gasteiger partial charge in [0, 0.05) is 11.9 Å². The molecule has 1 fully saturated rings. The van der Waals surface area contributed by atoms with Gasteiger partial charge in [0.1, 0.15) is 5.69 Å². The number of aryl methyl sites for hydroxylation is 1. The van der Waals surface area contributed by atoms with E-state index in [0.29, 0.717) is 11.4 Å². The van der Waals surface area contributed by atoms with Gasteiger partial charge in [-0.05, 0) is 64.7 Å². The van der Waals surface area contributed by atoms with Gasteiger partial charge in [-0.25, -0.2) is 0 Å². The maximum Gasteiger partial charge on any atom is 0.494 e. The number of rotatable bonds is 5. The number of nitrogens with one attached hydrogen (secondary N) is 1. The van der Waals surface area contributed by atoms with Crippen molar-refractivity contribution in [2.45, 2.75) is 65.4 Å². The van der Waals surface area contributed by atoms with E-state index in [0.717, 1.165) is 11.0 Å². The molecule has 0 saturated carbocycles. The van der Waals surface area contributed by atoms with E-state index in [1.165, 1.54) is 4.68 Å². The van der Waals surface area contributed by atoms with Gasteiger partial charge < -0.3 is 19.7 Å². The first-order valence-electron chi connectivity index (χ1n) is 9.47. The third-order valence-electron chi connectivity index (χ3n) is 5.41. The van der Waals surface area contributed by atoms with Crippen molar-refractivity contribution in [3.63, 3.8) is 0 Å². The highest BCUT2D eigenvalue weighted by Crippen LogP contribution is 2.36. The lowest BCUT2D eigenvalue weighted by Gasteiger charge is -2.32. The lowest BCUT2D eigenvalue weighted by Crippen LogP contribution is -2.41. The molecule has 2 N–H and O–H groups in total. The zero-order valence-corrected chi connectivity index (χ0v) is 17.3. The number of anilines is 1. The topological polar surface area (TPSA) is 85.6 Å². The van der Waals surface area contributed by atoms with Crippen LogP contribution in [-0.4, -0.2) is 45.2 Å². The van der Waals surface area contributed by atoms with Crippen molar-refractivity contribution in [3.05, 3.63) is 41.7 Å². The molecule has 1 aromatic carbocycles. The molecule has 1 atom stereocenters. The fourth-order valence-electron chi connectivity index (χ4n) is 3.06. The van der Waals surface area contributed by atoms with Gasteiger partial charge in [0.05, 0.1) is 23.9 Å². The monoisotopic (exact) mass is 385 g/mol. The number of carbonyl (C=O) groups is 1. The molecule has 0 spiro atoms. The van der Waals surface area contributed by atoms with Crippen LogP contribution in [0.1, 0.15) is 50.7 Å². The Morgan fingerprint density at radius 3 is 2.46 bits per heavy atom. The number of benzene rings is 1. The van der Waals surface area contributed by atoms with Crippen molar-refractivity contribution in [1.82, 2.24) is 9.78 Å². The van der Waals surface area contributed by atoms with Gasteiger partial charge in [-0.2, -0.15) is 5.10 Å². The zero-order valence-electron chi connectivity index (χ0n) is 17.3. The average Bonchev–Trinajstić information content (AvgIpc) is 3.10. The molecule has 0 aliphatic carbocycles. The molecule has 1 aliphatic rings. The van der Waals surface area contributed by atoms with Crippen LogP contribution < -0.4 is 10.8 Å². The second-order valence-corrected chi connectivity index (χ2v) is 8.36. The number of amides is 1. The van der Waals surface area contributed by atoms with Crippen LogP contribution in [0, 0.1) is 6.92 Å². The predicted molar refractivity (Wildman–Crippen MR) is 109 cm³/mol. The van der Waals surface area contributed by atoms with E-state index in [-0.39, 0.29) is 12.5 Å². The first kappa shape index (κ1) is 20.6. The van der Waals surface area contributed by atoms with E-state index in [4.69, 9.17) is 9.31 Å². The Labute approximate surface area is 166 Å². The molecule has 1 saturated heterocycles.